The van der Waals surface area contributed by atoms with Crippen LogP contribution in [0.2, 0.25) is 0 Å². The van der Waals surface area contributed by atoms with Gasteiger partial charge in [-0.2, -0.15) is 0 Å². The topological polar surface area (TPSA) is 26.5 Å². The second kappa shape index (κ2) is 4.70. The lowest BCUT2D eigenvalue weighted by molar-refractivity contribution is 0.414. The maximum atomic E-state index is 5.28. The number of nitrogens with zero attached hydrogens (tertiary/aromatic N) is 2. The number of aromatic nitrogens is 2. The summed E-state index contributed by atoms with van der Waals surface area (Å²) in [5.74, 6) is 0.899. The number of benzene rings is 1. The van der Waals surface area contributed by atoms with Crippen LogP contribution in [0.4, 0.5) is 0 Å². The maximum absolute atomic E-state index is 5.28. The Labute approximate surface area is 116 Å². The van der Waals surface area contributed by atoms with Crippen LogP contribution in [0.25, 0.3) is 16.2 Å². The number of aryl methyl sites for hydroxylation is 2. The van der Waals surface area contributed by atoms with E-state index in [1.54, 1.807) is 18.4 Å². The summed E-state index contributed by atoms with van der Waals surface area (Å²) in [6.45, 7) is 4.31. The fraction of sp³-hybridized carbons (Fsp3) is 0.267. The third-order valence-corrected chi connectivity index (χ3v) is 4.55. The molecular weight excluding hydrogens is 256 g/mol. The zero-order valence-electron chi connectivity index (χ0n) is 11.3. The van der Waals surface area contributed by atoms with Crippen molar-refractivity contribution in [1.82, 2.24) is 9.38 Å². The van der Waals surface area contributed by atoms with Crippen molar-refractivity contribution >= 4 is 16.3 Å². The van der Waals surface area contributed by atoms with Gasteiger partial charge in [0.05, 0.1) is 12.8 Å². The van der Waals surface area contributed by atoms with Gasteiger partial charge >= 0.3 is 0 Å². The summed E-state index contributed by atoms with van der Waals surface area (Å²) in [4.78, 5) is 6.82. The van der Waals surface area contributed by atoms with E-state index in [2.05, 4.69) is 35.4 Å². The minimum absolute atomic E-state index is 0.899. The van der Waals surface area contributed by atoms with Gasteiger partial charge in [-0.15, -0.1) is 11.3 Å². The lowest BCUT2D eigenvalue weighted by Gasteiger charge is -2.09. The molecule has 0 aliphatic heterocycles. The summed E-state index contributed by atoms with van der Waals surface area (Å²) in [6, 6.07) is 6.23. The molecule has 3 nitrogen and oxygen atoms in total. The molecule has 0 spiro atoms. The van der Waals surface area contributed by atoms with Gasteiger partial charge in [-0.1, -0.05) is 6.92 Å². The molecule has 0 saturated heterocycles. The molecule has 0 N–H and O–H groups in total. The first-order valence-electron chi connectivity index (χ1n) is 6.34. The second-order valence-corrected chi connectivity index (χ2v) is 5.55. The molecule has 98 valence electrons. The molecule has 3 rings (SSSR count). The van der Waals surface area contributed by atoms with Gasteiger partial charge in [-0.3, -0.25) is 4.40 Å². The summed E-state index contributed by atoms with van der Waals surface area (Å²) in [5.41, 5.74) is 3.74. The fourth-order valence-corrected chi connectivity index (χ4v) is 3.41. The molecule has 0 saturated carbocycles. The van der Waals surface area contributed by atoms with E-state index in [-0.39, 0.29) is 0 Å². The number of thiazole rings is 1. The number of methoxy groups -OCH3 is 1. The van der Waals surface area contributed by atoms with Gasteiger partial charge in [0.15, 0.2) is 4.96 Å². The molecule has 0 bridgehead atoms. The molecule has 0 aliphatic rings. The minimum Gasteiger partial charge on any atom is -0.497 e. The Hall–Kier alpha value is -1.81. The average Bonchev–Trinajstić information content (AvgIpc) is 2.99. The van der Waals surface area contributed by atoms with Crippen molar-refractivity contribution in [2.45, 2.75) is 20.3 Å². The first kappa shape index (κ1) is 12.2. The molecule has 0 amide bonds. The molecule has 0 radical (unpaired) electrons. The van der Waals surface area contributed by atoms with Crippen molar-refractivity contribution in [1.29, 1.82) is 0 Å². The van der Waals surface area contributed by atoms with Crippen LogP contribution in [0.1, 0.15) is 17.4 Å². The monoisotopic (exact) mass is 272 g/mol. The van der Waals surface area contributed by atoms with Gasteiger partial charge in [0.25, 0.3) is 0 Å². The molecule has 2 heterocycles. The van der Waals surface area contributed by atoms with Gasteiger partial charge < -0.3 is 4.74 Å². The lowest BCUT2D eigenvalue weighted by Crippen LogP contribution is -1.92. The average molecular weight is 272 g/mol. The first-order valence-corrected chi connectivity index (χ1v) is 7.16. The van der Waals surface area contributed by atoms with Crippen molar-refractivity contribution in [3.8, 4) is 17.0 Å². The van der Waals surface area contributed by atoms with Crippen molar-refractivity contribution in [2.75, 3.05) is 7.11 Å². The predicted octanol–water partition coefficient (Wildman–Crippen LogP) is 3.94. The number of hydrogen-bond donors (Lipinski definition) is 0. The molecule has 0 fully saturated rings. The lowest BCUT2D eigenvalue weighted by atomic mass is 10.0. The third-order valence-electron chi connectivity index (χ3n) is 3.34. The Bertz CT molecular complexity index is 727. The number of fused-ring (bicyclic) bond motifs is 1. The molecular formula is C15H16N2OS. The Morgan fingerprint density at radius 2 is 2.21 bits per heavy atom. The molecule has 19 heavy (non-hydrogen) atoms. The van der Waals surface area contributed by atoms with Crippen molar-refractivity contribution in [3.05, 3.63) is 41.0 Å². The van der Waals surface area contributed by atoms with Gasteiger partial charge in [0.1, 0.15) is 5.75 Å². The van der Waals surface area contributed by atoms with Crippen molar-refractivity contribution in [3.63, 3.8) is 0 Å². The van der Waals surface area contributed by atoms with Crippen LogP contribution < -0.4 is 4.74 Å². The standard InChI is InChI=1S/C15H16N2OS/c1-4-13-14(17-8-7-16-15(17)19-13)12-6-5-11(18-3)9-10(12)2/h5-9H,4H2,1-3H3. The summed E-state index contributed by atoms with van der Waals surface area (Å²) >= 11 is 1.76. The number of hydrogen-bond acceptors (Lipinski definition) is 3. The van der Waals surface area contributed by atoms with Crippen molar-refractivity contribution in [2.24, 2.45) is 0 Å². The van der Waals surface area contributed by atoms with E-state index in [0.717, 1.165) is 17.1 Å². The Morgan fingerprint density at radius 3 is 2.89 bits per heavy atom. The smallest absolute Gasteiger partial charge is 0.194 e. The Morgan fingerprint density at radius 1 is 1.37 bits per heavy atom. The molecule has 4 heteroatoms. The summed E-state index contributed by atoms with van der Waals surface area (Å²) in [6.07, 6.45) is 4.91. The first-order chi connectivity index (χ1) is 9.24. The molecule has 0 aliphatic carbocycles. The van der Waals surface area contributed by atoms with E-state index >= 15 is 0 Å². The number of rotatable bonds is 3. The molecule has 1 aromatic carbocycles. The van der Waals surface area contributed by atoms with Crippen LogP contribution in [-0.2, 0) is 6.42 Å². The second-order valence-electron chi connectivity index (χ2n) is 4.49. The van der Waals surface area contributed by atoms with Crippen LogP contribution in [0, 0.1) is 6.92 Å². The highest BCUT2D eigenvalue weighted by Crippen LogP contribution is 2.34. The zero-order valence-corrected chi connectivity index (χ0v) is 12.1. The van der Waals surface area contributed by atoms with Crippen LogP contribution in [0.5, 0.6) is 5.75 Å². The Kier molecular flexibility index (Phi) is 3.03. The quantitative estimate of drug-likeness (QED) is 0.722. The highest BCUT2D eigenvalue weighted by molar-refractivity contribution is 7.17. The Balaban J connectivity index is 2.25. The number of imidazole rings is 1. The molecule has 2 aromatic heterocycles. The normalized spacial score (nSPS) is 11.1. The van der Waals surface area contributed by atoms with E-state index < -0.39 is 0 Å². The zero-order chi connectivity index (χ0) is 13.4. The molecule has 3 aromatic rings. The highest BCUT2D eigenvalue weighted by atomic mass is 32.1. The number of ether oxygens (including phenoxy) is 1. The van der Waals surface area contributed by atoms with E-state index in [1.807, 2.05) is 18.5 Å². The van der Waals surface area contributed by atoms with Gasteiger partial charge in [0.2, 0.25) is 0 Å². The summed E-state index contributed by atoms with van der Waals surface area (Å²) < 4.78 is 7.46. The highest BCUT2D eigenvalue weighted by Gasteiger charge is 2.15. The summed E-state index contributed by atoms with van der Waals surface area (Å²) in [5, 5.41) is 0. The minimum atomic E-state index is 0.899. The van der Waals surface area contributed by atoms with Crippen molar-refractivity contribution < 1.29 is 4.74 Å². The molecule has 0 unspecified atom stereocenters. The van der Waals surface area contributed by atoms with E-state index in [1.165, 1.54) is 21.7 Å². The van der Waals surface area contributed by atoms with Gasteiger partial charge in [-0.25, -0.2) is 4.98 Å². The fourth-order valence-electron chi connectivity index (χ4n) is 2.38. The predicted molar refractivity (Wildman–Crippen MR) is 79.2 cm³/mol. The van der Waals surface area contributed by atoms with E-state index in [0.29, 0.717) is 0 Å². The largest absolute Gasteiger partial charge is 0.497 e. The van der Waals surface area contributed by atoms with Gasteiger partial charge in [-0.05, 0) is 37.1 Å². The molecule has 0 atom stereocenters. The van der Waals surface area contributed by atoms with Crippen LogP contribution >= 0.6 is 11.3 Å². The van der Waals surface area contributed by atoms with Crippen LogP contribution in [0.3, 0.4) is 0 Å². The van der Waals surface area contributed by atoms with Gasteiger partial charge in [0, 0.05) is 22.8 Å². The van der Waals surface area contributed by atoms with E-state index in [9.17, 15) is 0 Å². The van der Waals surface area contributed by atoms with E-state index in [4.69, 9.17) is 4.74 Å². The van der Waals surface area contributed by atoms with Crippen LogP contribution in [0.15, 0.2) is 30.6 Å². The maximum Gasteiger partial charge on any atom is 0.194 e. The SMILES string of the molecule is CCc1sc2nccn2c1-c1ccc(OC)cc1C. The van der Waals surface area contributed by atoms with Crippen LogP contribution in [-0.4, -0.2) is 16.5 Å². The third kappa shape index (κ3) is 1.92. The summed E-state index contributed by atoms with van der Waals surface area (Å²) in [7, 11) is 1.70.